The van der Waals surface area contributed by atoms with Gasteiger partial charge in [0.2, 0.25) is 5.91 Å². The van der Waals surface area contributed by atoms with Crippen LogP contribution in [-0.2, 0) is 14.3 Å². The van der Waals surface area contributed by atoms with E-state index >= 15 is 0 Å². The van der Waals surface area contributed by atoms with Gasteiger partial charge < -0.3 is 20.1 Å². The number of amides is 2. The van der Waals surface area contributed by atoms with Gasteiger partial charge in [0.25, 0.3) is 0 Å². The summed E-state index contributed by atoms with van der Waals surface area (Å²) in [4.78, 5) is 38.2. The minimum atomic E-state index is -0.837. The highest BCUT2D eigenvalue weighted by atomic mass is 16.5. The van der Waals surface area contributed by atoms with E-state index in [9.17, 15) is 19.5 Å². The number of nitrogens with zero attached hydrogens (tertiary/aromatic N) is 1. The van der Waals surface area contributed by atoms with Gasteiger partial charge in [-0.25, -0.2) is 4.79 Å². The van der Waals surface area contributed by atoms with Crippen LogP contribution in [0.2, 0.25) is 0 Å². The Morgan fingerprint density at radius 2 is 1.71 bits per heavy atom. The third kappa shape index (κ3) is 5.50. The van der Waals surface area contributed by atoms with Gasteiger partial charge in [0.15, 0.2) is 0 Å². The molecule has 0 radical (unpaired) electrons. The molecule has 1 fully saturated rings. The number of benzene rings is 2. The molecule has 3 atom stereocenters. The van der Waals surface area contributed by atoms with Crippen molar-refractivity contribution in [3.05, 3.63) is 59.7 Å². The van der Waals surface area contributed by atoms with Crippen molar-refractivity contribution in [2.75, 3.05) is 13.2 Å². The van der Waals surface area contributed by atoms with Gasteiger partial charge in [-0.15, -0.1) is 0 Å². The second-order valence-electron chi connectivity index (χ2n) is 9.68. The van der Waals surface area contributed by atoms with E-state index in [2.05, 4.69) is 29.6 Å². The van der Waals surface area contributed by atoms with Crippen molar-refractivity contribution >= 4 is 18.0 Å². The normalized spacial score (nSPS) is 20.0. The number of hydrogen-bond acceptors (Lipinski definition) is 4. The molecule has 2 N–H and O–H groups in total. The fourth-order valence-electron chi connectivity index (χ4n) is 5.44. The Morgan fingerprint density at radius 1 is 1.09 bits per heavy atom. The zero-order valence-electron chi connectivity index (χ0n) is 20.4. The minimum Gasteiger partial charge on any atom is -0.481 e. The Balaban J connectivity index is 1.22. The summed E-state index contributed by atoms with van der Waals surface area (Å²) >= 11 is 0. The number of fused-ring (bicyclic) bond motifs is 3. The lowest BCUT2D eigenvalue weighted by Gasteiger charge is -2.37. The molecule has 35 heavy (non-hydrogen) atoms. The zero-order valence-corrected chi connectivity index (χ0v) is 20.4. The maximum Gasteiger partial charge on any atom is 0.407 e. The second-order valence-corrected chi connectivity index (χ2v) is 9.68. The number of nitrogens with one attached hydrogen (secondary N) is 1. The van der Waals surface area contributed by atoms with Gasteiger partial charge in [-0.1, -0.05) is 48.5 Å². The number of carbonyl (C=O) groups excluding carboxylic acids is 2. The van der Waals surface area contributed by atoms with E-state index in [1.165, 1.54) is 22.3 Å². The Bertz CT molecular complexity index is 1040. The standard InChI is InChI=1S/C28H34N2O5/c1-18(9-7-15-26(31)30-16-8-14-20(19(30)2)27(32)33)29-28(34)35-17-25-23-12-5-3-10-21(23)22-11-4-6-13-24(22)25/h3-6,10-13,18-20,25H,7-9,14-17H2,1-2H3,(H,29,34)(H,32,33). The van der Waals surface area contributed by atoms with E-state index in [1.807, 2.05) is 38.1 Å². The Kier molecular flexibility index (Phi) is 7.73. The van der Waals surface area contributed by atoms with Crippen LogP contribution in [0.15, 0.2) is 48.5 Å². The summed E-state index contributed by atoms with van der Waals surface area (Å²) < 4.78 is 5.60. The molecule has 1 aliphatic heterocycles. The van der Waals surface area contributed by atoms with Crippen LogP contribution in [0.1, 0.15) is 63.0 Å². The topological polar surface area (TPSA) is 95.9 Å². The average Bonchev–Trinajstić information content (AvgIpc) is 3.16. The van der Waals surface area contributed by atoms with Crippen LogP contribution >= 0.6 is 0 Å². The first-order valence-corrected chi connectivity index (χ1v) is 12.5. The molecular weight excluding hydrogens is 444 g/mol. The van der Waals surface area contributed by atoms with Crippen LogP contribution in [0.25, 0.3) is 11.1 Å². The van der Waals surface area contributed by atoms with Crippen LogP contribution in [0.5, 0.6) is 0 Å². The minimum absolute atomic E-state index is 0.0160. The number of carboxylic acids is 1. The third-order valence-electron chi connectivity index (χ3n) is 7.36. The molecule has 1 heterocycles. The number of carbonyl (C=O) groups is 3. The van der Waals surface area contributed by atoms with Crippen LogP contribution < -0.4 is 5.32 Å². The number of rotatable bonds is 8. The van der Waals surface area contributed by atoms with E-state index in [0.29, 0.717) is 38.6 Å². The maximum atomic E-state index is 12.7. The summed E-state index contributed by atoms with van der Waals surface area (Å²) in [6.45, 7) is 4.59. The number of likely N-dealkylation sites (tertiary alicyclic amines) is 1. The Morgan fingerprint density at radius 3 is 2.34 bits per heavy atom. The van der Waals surface area contributed by atoms with Crippen molar-refractivity contribution in [3.8, 4) is 11.1 Å². The molecule has 2 amide bonds. The number of ether oxygens (including phenoxy) is 1. The quantitative estimate of drug-likeness (QED) is 0.568. The first-order valence-electron chi connectivity index (χ1n) is 12.5. The molecule has 4 rings (SSSR count). The van der Waals surface area contributed by atoms with E-state index < -0.39 is 18.0 Å². The molecule has 3 unspecified atom stereocenters. The summed E-state index contributed by atoms with van der Waals surface area (Å²) in [6.07, 6.45) is 2.46. The van der Waals surface area contributed by atoms with Crippen LogP contribution in [0.4, 0.5) is 4.79 Å². The predicted octanol–water partition coefficient (Wildman–Crippen LogP) is 4.80. The van der Waals surface area contributed by atoms with Gasteiger partial charge >= 0.3 is 12.1 Å². The van der Waals surface area contributed by atoms with Crippen LogP contribution in [0, 0.1) is 5.92 Å². The van der Waals surface area contributed by atoms with Crippen molar-refractivity contribution in [2.24, 2.45) is 5.92 Å². The smallest absolute Gasteiger partial charge is 0.407 e. The lowest BCUT2D eigenvalue weighted by molar-refractivity contribution is -0.149. The van der Waals surface area contributed by atoms with Gasteiger partial charge in [0.1, 0.15) is 6.61 Å². The molecular formula is C28H34N2O5. The van der Waals surface area contributed by atoms with Gasteiger partial charge in [-0.05, 0) is 61.8 Å². The molecule has 0 aromatic heterocycles. The lowest BCUT2D eigenvalue weighted by atomic mass is 9.90. The molecule has 1 saturated heterocycles. The fourth-order valence-corrected chi connectivity index (χ4v) is 5.44. The van der Waals surface area contributed by atoms with E-state index in [-0.39, 0.29) is 30.5 Å². The third-order valence-corrected chi connectivity index (χ3v) is 7.36. The van der Waals surface area contributed by atoms with Gasteiger partial charge in [0.05, 0.1) is 5.92 Å². The van der Waals surface area contributed by atoms with Crippen molar-refractivity contribution in [3.63, 3.8) is 0 Å². The van der Waals surface area contributed by atoms with Crippen LogP contribution in [-0.4, -0.2) is 53.2 Å². The predicted molar refractivity (Wildman–Crippen MR) is 133 cm³/mol. The molecule has 0 saturated carbocycles. The molecule has 1 aliphatic carbocycles. The highest BCUT2D eigenvalue weighted by molar-refractivity contribution is 5.79. The summed E-state index contributed by atoms with van der Waals surface area (Å²) in [5.41, 5.74) is 4.72. The summed E-state index contributed by atoms with van der Waals surface area (Å²) in [7, 11) is 0. The average molecular weight is 479 g/mol. The number of carboxylic acid groups (broad SMARTS) is 1. The zero-order chi connectivity index (χ0) is 24.9. The molecule has 2 aromatic rings. The SMILES string of the molecule is CC(CCCC(=O)N1CCCC(C(=O)O)C1C)NC(=O)OCC1c2ccccc2-c2ccccc21. The van der Waals surface area contributed by atoms with Crippen molar-refractivity contribution in [1.29, 1.82) is 0 Å². The van der Waals surface area contributed by atoms with Gasteiger partial charge in [-0.2, -0.15) is 0 Å². The van der Waals surface area contributed by atoms with Crippen molar-refractivity contribution in [2.45, 2.75) is 64.0 Å². The summed E-state index contributed by atoms with van der Waals surface area (Å²) in [6, 6.07) is 16.0. The largest absolute Gasteiger partial charge is 0.481 e. The highest BCUT2D eigenvalue weighted by Crippen LogP contribution is 2.44. The summed E-state index contributed by atoms with van der Waals surface area (Å²) in [5, 5.41) is 12.2. The second kappa shape index (κ2) is 10.9. The van der Waals surface area contributed by atoms with Gasteiger partial charge in [0, 0.05) is 31.0 Å². The molecule has 7 nitrogen and oxygen atoms in total. The Labute approximate surface area is 206 Å². The first-order chi connectivity index (χ1) is 16.9. The highest BCUT2D eigenvalue weighted by Gasteiger charge is 2.35. The van der Waals surface area contributed by atoms with Crippen molar-refractivity contribution < 1.29 is 24.2 Å². The molecule has 186 valence electrons. The molecule has 2 aromatic carbocycles. The number of piperidine rings is 1. The fraction of sp³-hybridized carbons (Fsp3) is 0.464. The number of aliphatic carboxylic acids is 1. The molecule has 2 aliphatic rings. The van der Waals surface area contributed by atoms with Crippen LogP contribution in [0.3, 0.4) is 0 Å². The summed E-state index contributed by atoms with van der Waals surface area (Å²) in [5.74, 6) is -1.34. The Hall–Kier alpha value is -3.35. The molecule has 0 bridgehead atoms. The monoisotopic (exact) mass is 478 g/mol. The van der Waals surface area contributed by atoms with E-state index in [4.69, 9.17) is 4.74 Å². The molecule has 7 heteroatoms. The number of alkyl carbamates (subject to hydrolysis) is 1. The van der Waals surface area contributed by atoms with E-state index in [1.54, 1.807) is 4.90 Å². The lowest BCUT2D eigenvalue weighted by Crippen LogP contribution is -2.49. The van der Waals surface area contributed by atoms with Crippen molar-refractivity contribution in [1.82, 2.24) is 10.2 Å². The first kappa shape index (κ1) is 24.8. The molecule has 0 spiro atoms. The van der Waals surface area contributed by atoms with E-state index in [0.717, 1.165) is 0 Å². The van der Waals surface area contributed by atoms with Gasteiger partial charge in [-0.3, -0.25) is 9.59 Å². The number of hydrogen-bond donors (Lipinski definition) is 2. The maximum absolute atomic E-state index is 12.7.